The first kappa shape index (κ1) is 88.3. The Hall–Kier alpha value is -5.61. The SMILES string of the molecule is C=C1C(CC2O[C@H](C[C@@H](CC)O[Si](C)(C)C(C)(C)C)[C@H](OC)[C@H]2CO)O[C@@H](CCCOC(c2ccccc2)(c2ccccc2)c2ccc(OC)cc2)C[C@H]1C.C=C1C(C[C@@H]2O[C@H](C[C@@H](CC)O[Si](C)(C)C(C)(C)C)[C@H](OC)[C@H]2CC)O[C@@H](CCCOC(c2ccccc2)(c2ccccc2)c2ccc(OC)cc2)C[C@H]1C. The van der Waals surface area contributed by atoms with Gasteiger partial charge in [-0.1, -0.05) is 235 Å². The van der Waals surface area contributed by atoms with E-state index in [1.165, 1.54) is 5.57 Å². The van der Waals surface area contributed by atoms with Gasteiger partial charge in [0.15, 0.2) is 16.6 Å². The molecule has 0 aliphatic carbocycles. The van der Waals surface area contributed by atoms with Crippen LogP contribution in [0, 0.1) is 23.7 Å². The zero-order valence-corrected chi connectivity index (χ0v) is 72.5. The lowest BCUT2D eigenvalue weighted by atomic mass is 9.80. The Morgan fingerprint density at radius 3 is 1.05 bits per heavy atom. The van der Waals surface area contributed by atoms with Crippen molar-refractivity contribution in [2.45, 2.75) is 280 Å². The minimum Gasteiger partial charge on any atom is -0.497 e. The highest BCUT2D eigenvalue weighted by Crippen LogP contribution is 2.48. The van der Waals surface area contributed by atoms with Gasteiger partial charge in [-0.25, -0.2) is 0 Å². The third-order valence-corrected chi connectivity index (χ3v) is 34.6. The van der Waals surface area contributed by atoms with Crippen LogP contribution in [-0.2, 0) is 57.9 Å². The predicted octanol–water partition coefficient (Wildman–Crippen LogP) is 21.6. The van der Waals surface area contributed by atoms with E-state index in [1.54, 1.807) is 21.3 Å². The van der Waals surface area contributed by atoms with Crippen molar-refractivity contribution in [3.05, 3.63) is 228 Å². The number of hydrogen-bond donors (Lipinski definition) is 1. The summed E-state index contributed by atoms with van der Waals surface area (Å²) in [5.41, 5.74) is 7.16. The van der Waals surface area contributed by atoms with Gasteiger partial charge in [0.05, 0.1) is 81.9 Å². The molecule has 15 heteroatoms. The van der Waals surface area contributed by atoms with Gasteiger partial charge in [-0.3, -0.25) is 0 Å². The standard InChI is InChI=1S/C48H70O6Si.C47H68O7Si/c1-12-39(54-55(10,11)47(5,6)7)32-45-46(50-9)42(13-2)44(53-45)33-43-35(4)34(3)31-41(52-43)25-20-30-51-48(36-21-16-14-17-22-36,37-23-18-15-19-24-37)38-26-28-40(49-8)29-27-38;1-11-38(54-55(9,10)46(4,5)6)30-44-45(50-8)41(32-48)43(53-44)31-42-34(3)33(2)29-40(52-42)23-18-28-51-47(35-19-14-12-15-20-35,36-21-16-13-17-22-36)37-24-26-39(49-7)27-25-37/h14-19,21-24,26-29,34,39,41-46H,4,12-13,20,25,30-33H2,1-3,5-11H3;12-17,19-22,24-27,33,38,40-45,48H,3,11,18,23,28-32H2,1-2,4-10H3/t34-,39-,41+,42+,43?,44+,45-,46-;33-,38-,40+,41+,42?,43?,44-,45-/m11/s1. The number of aliphatic hydroxyl groups is 1. The lowest BCUT2D eigenvalue weighted by Gasteiger charge is -2.40. The Labute approximate surface area is 665 Å². The minimum atomic E-state index is -1.97. The molecule has 604 valence electrons. The largest absolute Gasteiger partial charge is 0.497 e. The molecule has 0 aromatic heterocycles. The van der Waals surface area contributed by atoms with Crippen molar-refractivity contribution >= 4 is 16.6 Å². The fourth-order valence-electron chi connectivity index (χ4n) is 16.9. The van der Waals surface area contributed by atoms with Gasteiger partial charge >= 0.3 is 0 Å². The van der Waals surface area contributed by atoms with E-state index in [1.807, 2.05) is 43.5 Å². The Morgan fingerprint density at radius 2 is 0.764 bits per heavy atom. The highest BCUT2D eigenvalue weighted by atomic mass is 28.4. The zero-order chi connectivity index (χ0) is 79.6. The Kier molecular flexibility index (Phi) is 32.2. The first-order valence-corrected chi connectivity index (χ1v) is 47.2. The molecule has 4 heterocycles. The molecule has 6 aromatic carbocycles. The Bertz CT molecular complexity index is 3370. The molecule has 0 amide bonds. The molecule has 4 saturated heterocycles. The fraction of sp³-hybridized carbons (Fsp3) is 0.579. The van der Waals surface area contributed by atoms with Crippen LogP contribution >= 0.6 is 0 Å². The summed E-state index contributed by atoms with van der Waals surface area (Å²) in [7, 11) is 3.08. The van der Waals surface area contributed by atoms with Crippen LogP contribution < -0.4 is 9.47 Å². The maximum Gasteiger partial charge on any atom is 0.192 e. The molecule has 0 bridgehead atoms. The van der Waals surface area contributed by atoms with Gasteiger partial charge < -0.3 is 61.3 Å². The average molecular weight is 1540 g/mol. The quantitative estimate of drug-likeness (QED) is 0.0173. The second-order valence-corrected chi connectivity index (χ2v) is 44.2. The smallest absolute Gasteiger partial charge is 0.192 e. The molecule has 16 atom stereocenters. The van der Waals surface area contributed by atoms with E-state index in [4.69, 9.17) is 56.2 Å². The molecule has 3 unspecified atom stereocenters. The molecule has 10 rings (SSSR count). The minimum absolute atomic E-state index is 0.00269. The van der Waals surface area contributed by atoms with E-state index in [2.05, 4.69) is 249 Å². The first-order chi connectivity index (χ1) is 52.5. The number of methoxy groups -OCH3 is 4. The fourth-order valence-corrected chi connectivity index (χ4v) is 19.8. The molecule has 1 N–H and O–H groups in total. The molecule has 4 fully saturated rings. The van der Waals surface area contributed by atoms with Gasteiger partial charge in [0.1, 0.15) is 22.7 Å². The molecule has 0 saturated carbocycles. The van der Waals surface area contributed by atoms with Gasteiger partial charge in [0.25, 0.3) is 0 Å². The van der Waals surface area contributed by atoms with Crippen molar-refractivity contribution in [3.8, 4) is 11.5 Å². The van der Waals surface area contributed by atoms with E-state index >= 15 is 0 Å². The van der Waals surface area contributed by atoms with Crippen molar-refractivity contribution in [2.75, 3.05) is 48.3 Å². The van der Waals surface area contributed by atoms with Gasteiger partial charge in [0, 0.05) is 77.2 Å². The van der Waals surface area contributed by atoms with Crippen LogP contribution in [0.2, 0.25) is 36.3 Å². The van der Waals surface area contributed by atoms with Crippen LogP contribution in [0.15, 0.2) is 194 Å². The molecule has 0 spiro atoms. The Balaban J connectivity index is 0.000000253. The van der Waals surface area contributed by atoms with Crippen LogP contribution in [0.5, 0.6) is 11.5 Å². The summed E-state index contributed by atoms with van der Waals surface area (Å²) in [6, 6.07) is 58.6. The normalized spacial score (nSPS) is 25.6. The van der Waals surface area contributed by atoms with Crippen molar-refractivity contribution in [2.24, 2.45) is 23.7 Å². The van der Waals surface area contributed by atoms with Crippen molar-refractivity contribution in [1.29, 1.82) is 0 Å². The number of aliphatic hydroxyl groups excluding tert-OH is 1. The van der Waals surface area contributed by atoms with E-state index in [0.29, 0.717) is 37.4 Å². The Morgan fingerprint density at radius 1 is 0.445 bits per heavy atom. The van der Waals surface area contributed by atoms with Crippen LogP contribution in [0.4, 0.5) is 0 Å². The average Bonchev–Trinajstić information content (AvgIpc) is 1.09. The molecule has 110 heavy (non-hydrogen) atoms. The maximum absolute atomic E-state index is 10.7. The molecular formula is C95H138O13Si2. The van der Waals surface area contributed by atoms with Crippen molar-refractivity contribution < 1.29 is 61.3 Å². The molecule has 0 radical (unpaired) electrons. The van der Waals surface area contributed by atoms with Crippen LogP contribution in [-0.4, -0.2) is 143 Å². The zero-order valence-electron chi connectivity index (χ0n) is 70.5. The third kappa shape index (κ3) is 21.3. The topological polar surface area (TPSA) is 131 Å². The molecule has 6 aromatic rings. The highest BCUT2D eigenvalue weighted by molar-refractivity contribution is 6.74. The van der Waals surface area contributed by atoms with Crippen LogP contribution in [0.25, 0.3) is 0 Å². The second-order valence-electron chi connectivity index (χ2n) is 34.7. The van der Waals surface area contributed by atoms with Gasteiger partial charge in [-0.15, -0.1) is 0 Å². The van der Waals surface area contributed by atoms with Gasteiger partial charge in [-0.05, 0) is 175 Å². The highest BCUT2D eigenvalue weighted by Gasteiger charge is 2.51. The van der Waals surface area contributed by atoms with Gasteiger partial charge in [-0.2, -0.15) is 0 Å². The van der Waals surface area contributed by atoms with Crippen molar-refractivity contribution in [1.82, 2.24) is 0 Å². The number of ether oxygens (including phenoxy) is 10. The maximum atomic E-state index is 10.7. The molecule has 4 aliphatic rings. The first-order valence-electron chi connectivity index (χ1n) is 41.4. The monoisotopic (exact) mass is 1540 g/mol. The predicted molar refractivity (Wildman–Crippen MR) is 452 cm³/mol. The third-order valence-electron chi connectivity index (χ3n) is 25.5. The summed E-state index contributed by atoms with van der Waals surface area (Å²) in [5.74, 6) is 2.45. The summed E-state index contributed by atoms with van der Waals surface area (Å²) in [6.07, 6.45) is 10.9. The molecular weight excluding hydrogens is 1410 g/mol. The number of benzene rings is 6. The van der Waals surface area contributed by atoms with Crippen LogP contribution in [0.3, 0.4) is 0 Å². The summed E-state index contributed by atoms with van der Waals surface area (Å²) in [4.78, 5) is 0. The molecule has 13 nitrogen and oxygen atoms in total. The number of hydrogen-bond acceptors (Lipinski definition) is 13. The number of rotatable bonds is 36. The van der Waals surface area contributed by atoms with E-state index in [9.17, 15) is 5.11 Å². The van der Waals surface area contributed by atoms with Crippen LogP contribution in [0.1, 0.15) is 193 Å². The second kappa shape index (κ2) is 40.1. The summed E-state index contributed by atoms with van der Waals surface area (Å²) in [6.45, 7) is 44.5. The lowest BCUT2D eigenvalue weighted by Crippen LogP contribution is -2.45. The van der Waals surface area contributed by atoms with E-state index in [-0.39, 0.29) is 95.8 Å². The van der Waals surface area contributed by atoms with E-state index < -0.39 is 27.8 Å². The lowest BCUT2D eigenvalue weighted by molar-refractivity contribution is -0.0785. The summed E-state index contributed by atoms with van der Waals surface area (Å²) >= 11 is 0. The van der Waals surface area contributed by atoms with E-state index in [0.717, 1.165) is 128 Å². The van der Waals surface area contributed by atoms with Crippen molar-refractivity contribution in [3.63, 3.8) is 0 Å². The summed E-state index contributed by atoms with van der Waals surface area (Å²) in [5, 5.41) is 10.9. The molecule has 4 aliphatic heterocycles. The van der Waals surface area contributed by atoms with Gasteiger partial charge in [0.2, 0.25) is 0 Å². The summed E-state index contributed by atoms with van der Waals surface area (Å²) < 4.78 is 78.8.